The van der Waals surface area contributed by atoms with Crippen LogP contribution in [0.25, 0.3) is 0 Å². The third-order valence-corrected chi connectivity index (χ3v) is 6.15. The number of rotatable bonds is 9. The molecule has 0 aromatic heterocycles. The predicted molar refractivity (Wildman–Crippen MR) is 127 cm³/mol. The highest BCUT2D eigenvalue weighted by Crippen LogP contribution is 2.23. The monoisotopic (exact) mass is 489 g/mol. The van der Waals surface area contributed by atoms with Crippen molar-refractivity contribution in [1.29, 1.82) is 0 Å². The minimum absolute atomic E-state index is 0.105. The highest BCUT2D eigenvalue weighted by molar-refractivity contribution is 6.30. The van der Waals surface area contributed by atoms with Crippen LogP contribution in [0.3, 0.4) is 0 Å². The SMILES string of the molecule is COCCCNC(=O)[C@H](NC(=O)c1ccccc1F)C1CCN(C(=O)c2ccc(Cl)cc2)CC1. The Kier molecular flexibility index (Phi) is 9.42. The number of hydrogen-bond donors (Lipinski definition) is 2. The first-order valence-electron chi connectivity index (χ1n) is 11.3. The van der Waals surface area contributed by atoms with Crippen LogP contribution in [-0.4, -0.2) is 62.0 Å². The fourth-order valence-corrected chi connectivity index (χ4v) is 4.14. The average Bonchev–Trinajstić information content (AvgIpc) is 2.85. The maximum atomic E-state index is 14.1. The number of nitrogens with one attached hydrogen (secondary N) is 2. The number of hydrogen-bond acceptors (Lipinski definition) is 4. The second-order valence-electron chi connectivity index (χ2n) is 8.20. The van der Waals surface area contributed by atoms with E-state index in [1.807, 2.05) is 0 Å². The summed E-state index contributed by atoms with van der Waals surface area (Å²) in [6, 6.07) is 11.5. The van der Waals surface area contributed by atoms with E-state index in [0.717, 1.165) is 0 Å². The van der Waals surface area contributed by atoms with Gasteiger partial charge in [-0.25, -0.2) is 4.39 Å². The van der Waals surface area contributed by atoms with E-state index in [4.69, 9.17) is 16.3 Å². The molecule has 2 aromatic rings. The lowest BCUT2D eigenvalue weighted by Gasteiger charge is -2.36. The Labute approximate surface area is 203 Å². The van der Waals surface area contributed by atoms with Crippen molar-refractivity contribution < 1.29 is 23.5 Å². The van der Waals surface area contributed by atoms with Gasteiger partial charge < -0.3 is 20.3 Å². The van der Waals surface area contributed by atoms with Gasteiger partial charge in [-0.15, -0.1) is 0 Å². The first-order valence-corrected chi connectivity index (χ1v) is 11.7. The summed E-state index contributed by atoms with van der Waals surface area (Å²) in [5, 5.41) is 6.11. The number of nitrogens with zero attached hydrogens (tertiary/aromatic N) is 1. The summed E-state index contributed by atoms with van der Waals surface area (Å²) in [6.45, 7) is 1.77. The molecule has 3 rings (SSSR count). The number of carbonyl (C=O) groups excluding carboxylic acids is 3. The standard InChI is InChI=1S/C25H29ClFN3O4/c1-34-16-4-13-28-24(32)22(29-23(31)20-5-2-3-6-21(20)27)17-11-14-30(15-12-17)25(33)18-7-9-19(26)10-8-18/h2-3,5-10,17,22H,4,11-16H2,1H3,(H,28,32)(H,29,31)/t22-/m1/s1. The van der Waals surface area contributed by atoms with E-state index < -0.39 is 17.8 Å². The van der Waals surface area contributed by atoms with Crippen LogP contribution >= 0.6 is 11.6 Å². The average molecular weight is 490 g/mol. The zero-order chi connectivity index (χ0) is 24.5. The predicted octanol–water partition coefficient (Wildman–Crippen LogP) is 3.28. The largest absolute Gasteiger partial charge is 0.385 e. The van der Waals surface area contributed by atoms with Crippen molar-refractivity contribution in [1.82, 2.24) is 15.5 Å². The molecule has 3 amide bonds. The lowest BCUT2D eigenvalue weighted by atomic mass is 9.88. The molecule has 1 aliphatic rings. The molecule has 34 heavy (non-hydrogen) atoms. The van der Waals surface area contributed by atoms with Gasteiger partial charge in [-0.3, -0.25) is 14.4 Å². The first-order chi connectivity index (χ1) is 16.4. The minimum atomic E-state index is -0.845. The third kappa shape index (κ3) is 6.77. The van der Waals surface area contributed by atoms with Gasteiger partial charge in [-0.2, -0.15) is 0 Å². The smallest absolute Gasteiger partial charge is 0.254 e. The molecule has 1 aliphatic heterocycles. The Bertz CT molecular complexity index is 994. The van der Waals surface area contributed by atoms with Crippen molar-refractivity contribution >= 4 is 29.3 Å². The summed E-state index contributed by atoms with van der Waals surface area (Å²) in [5.74, 6) is -1.93. The number of methoxy groups -OCH3 is 1. The van der Waals surface area contributed by atoms with Gasteiger partial charge in [0, 0.05) is 43.9 Å². The zero-order valence-electron chi connectivity index (χ0n) is 19.1. The number of ether oxygens (including phenoxy) is 1. The van der Waals surface area contributed by atoms with Gasteiger partial charge in [0.2, 0.25) is 5.91 Å². The summed E-state index contributed by atoms with van der Waals surface area (Å²) < 4.78 is 19.1. The molecule has 0 saturated carbocycles. The summed E-state index contributed by atoms with van der Waals surface area (Å²) in [5.41, 5.74) is 0.429. The van der Waals surface area contributed by atoms with Gasteiger partial charge in [0.15, 0.2) is 0 Å². The van der Waals surface area contributed by atoms with E-state index in [1.165, 1.54) is 18.2 Å². The molecule has 9 heteroatoms. The Balaban J connectivity index is 1.67. The van der Waals surface area contributed by atoms with Crippen LogP contribution in [0.15, 0.2) is 48.5 Å². The van der Waals surface area contributed by atoms with E-state index >= 15 is 0 Å². The molecule has 0 radical (unpaired) electrons. The molecule has 2 aromatic carbocycles. The molecule has 2 N–H and O–H groups in total. The van der Waals surface area contributed by atoms with Crippen LogP contribution < -0.4 is 10.6 Å². The van der Waals surface area contributed by atoms with Crippen molar-refractivity contribution in [2.24, 2.45) is 5.92 Å². The Morgan fingerprint density at radius 2 is 1.79 bits per heavy atom. The molecule has 0 spiro atoms. The lowest BCUT2D eigenvalue weighted by molar-refractivity contribution is -0.124. The Morgan fingerprint density at radius 1 is 1.12 bits per heavy atom. The van der Waals surface area contributed by atoms with Gasteiger partial charge in [-0.1, -0.05) is 23.7 Å². The van der Waals surface area contributed by atoms with E-state index in [-0.39, 0.29) is 23.3 Å². The number of benzene rings is 2. The van der Waals surface area contributed by atoms with E-state index in [1.54, 1.807) is 42.3 Å². The number of amides is 3. The minimum Gasteiger partial charge on any atom is -0.385 e. The Morgan fingerprint density at radius 3 is 2.44 bits per heavy atom. The fraction of sp³-hybridized carbons (Fsp3) is 0.400. The van der Waals surface area contributed by atoms with Crippen LogP contribution in [0.5, 0.6) is 0 Å². The molecule has 0 bridgehead atoms. The number of halogens is 2. The molecule has 7 nitrogen and oxygen atoms in total. The van der Waals surface area contributed by atoms with Crippen LogP contribution in [0.2, 0.25) is 5.02 Å². The third-order valence-electron chi connectivity index (χ3n) is 5.90. The van der Waals surface area contributed by atoms with Crippen LogP contribution in [0.4, 0.5) is 4.39 Å². The van der Waals surface area contributed by atoms with Gasteiger partial charge in [-0.05, 0) is 61.6 Å². The molecule has 1 saturated heterocycles. The summed E-state index contributed by atoms with van der Waals surface area (Å²) in [4.78, 5) is 40.3. The fourth-order valence-electron chi connectivity index (χ4n) is 4.01. The highest BCUT2D eigenvalue weighted by atomic mass is 35.5. The topological polar surface area (TPSA) is 87.7 Å². The Hall–Kier alpha value is -2.97. The second kappa shape index (κ2) is 12.5. The maximum Gasteiger partial charge on any atom is 0.254 e. The highest BCUT2D eigenvalue weighted by Gasteiger charge is 2.34. The molecule has 1 atom stereocenters. The first kappa shape index (κ1) is 25.6. The normalized spacial score (nSPS) is 15.0. The van der Waals surface area contributed by atoms with Crippen molar-refractivity contribution in [2.45, 2.75) is 25.3 Å². The van der Waals surface area contributed by atoms with Gasteiger partial charge >= 0.3 is 0 Å². The van der Waals surface area contributed by atoms with Gasteiger partial charge in [0.1, 0.15) is 11.9 Å². The molecule has 182 valence electrons. The lowest BCUT2D eigenvalue weighted by Crippen LogP contribution is -2.54. The number of carbonyl (C=O) groups is 3. The van der Waals surface area contributed by atoms with E-state index in [9.17, 15) is 18.8 Å². The summed E-state index contributed by atoms with van der Waals surface area (Å²) >= 11 is 5.91. The molecule has 0 aliphatic carbocycles. The number of likely N-dealkylation sites (tertiary alicyclic amines) is 1. The summed E-state index contributed by atoms with van der Waals surface area (Å²) in [6.07, 6.45) is 1.67. The van der Waals surface area contributed by atoms with Crippen molar-refractivity contribution in [2.75, 3.05) is 33.4 Å². The molecular formula is C25H29ClFN3O4. The number of piperidine rings is 1. The van der Waals surface area contributed by atoms with Crippen LogP contribution in [0, 0.1) is 11.7 Å². The van der Waals surface area contributed by atoms with E-state index in [0.29, 0.717) is 56.1 Å². The molecule has 1 heterocycles. The van der Waals surface area contributed by atoms with E-state index in [2.05, 4.69) is 10.6 Å². The zero-order valence-corrected chi connectivity index (χ0v) is 19.8. The quantitative estimate of drug-likeness (QED) is 0.529. The molecular weight excluding hydrogens is 461 g/mol. The maximum absolute atomic E-state index is 14.1. The van der Waals surface area contributed by atoms with Gasteiger partial charge in [0.05, 0.1) is 5.56 Å². The van der Waals surface area contributed by atoms with Crippen LogP contribution in [-0.2, 0) is 9.53 Å². The van der Waals surface area contributed by atoms with Crippen LogP contribution in [0.1, 0.15) is 40.0 Å². The van der Waals surface area contributed by atoms with Crippen molar-refractivity contribution in [3.8, 4) is 0 Å². The molecule has 0 unspecified atom stereocenters. The second-order valence-corrected chi connectivity index (χ2v) is 8.64. The van der Waals surface area contributed by atoms with Gasteiger partial charge in [0.25, 0.3) is 11.8 Å². The van der Waals surface area contributed by atoms with Crippen molar-refractivity contribution in [3.63, 3.8) is 0 Å². The van der Waals surface area contributed by atoms with Crippen molar-refractivity contribution in [3.05, 3.63) is 70.5 Å². The summed E-state index contributed by atoms with van der Waals surface area (Å²) in [7, 11) is 1.58. The molecule has 1 fully saturated rings.